The molecule has 0 aliphatic rings. The van der Waals surface area contributed by atoms with Crippen molar-refractivity contribution in [2.75, 3.05) is 0 Å². The number of rotatable bonds is 6. The maximum absolute atomic E-state index is 11.8. The minimum absolute atomic E-state index is 0.0183. The summed E-state index contributed by atoms with van der Waals surface area (Å²) < 4.78 is 10.2. The zero-order valence-corrected chi connectivity index (χ0v) is 17.0. The highest BCUT2D eigenvalue weighted by molar-refractivity contribution is 5.91. The van der Waals surface area contributed by atoms with Crippen LogP contribution in [0.3, 0.4) is 0 Å². The van der Waals surface area contributed by atoms with Gasteiger partial charge < -0.3 is 9.47 Å². The second-order valence-electron chi connectivity index (χ2n) is 6.40. The third kappa shape index (κ3) is 5.67. The van der Waals surface area contributed by atoms with Gasteiger partial charge in [0, 0.05) is 12.2 Å². The fourth-order valence-electron chi connectivity index (χ4n) is 2.31. The molecule has 0 atom stereocenters. The lowest BCUT2D eigenvalue weighted by molar-refractivity contribution is -0.141. The number of esters is 2. The van der Waals surface area contributed by atoms with Crippen molar-refractivity contribution in [2.45, 2.75) is 54.8 Å². The Hall–Kier alpha value is -3.16. The molecule has 0 fully saturated rings. The summed E-state index contributed by atoms with van der Waals surface area (Å²) in [5, 5.41) is 0. The molecule has 0 aliphatic heterocycles. The molecular weight excluding hydrogens is 360 g/mol. The first kappa shape index (κ1) is 21.1. The third-order valence-electron chi connectivity index (χ3n) is 4.22. The molecule has 2 heterocycles. The predicted molar refractivity (Wildman–Crippen MR) is 101 cm³/mol. The summed E-state index contributed by atoms with van der Waals surface area (Å²) in [6.45, 7) is 11.0. The van der Waals surface area contributed by atoms with Crippen LogP contribution >= 0.6 is 0 Å². The minimum atomic E-state index is -0.668. The molecule has 2 aromatic heterocycles. The van der Waals surface area contributed by atoms with Crippen LogP contribution in [0.5, 0.6) is 0 Å². The number of hydrogen-bond acceptors (Lipinski definition) is 8. The lowest BCUT2D eigenvalue weighted by Gasteiger charge is -2.08. The van der Waals surface area contributed by atoms with Crippen molar-refractivity contribution in [3.63, 3.8) is 0 Å². The number of ether oxygens (including phenoxy) is 2. The zero-order valence-electron chi connectivity index (χ0n) is 17.0. The first-order valence-corrected chi connectivity index (χ1v) is 8.80. The highest BCUT2D eigenvalue weighted by Gasteiger charge is 2.10. The number of carbonyl (C=O) groups is 2. The molecule has 0 radical (unpaired) electrons. The Bertz CT molecular complexity index is 863. The molecule has 28 heavy (non-hydrogen) atoms. The van der Waals surface area contributed by atoms with Crippen molar-refractivity contribution < 1.29 is 19.1 Å². The molecule has 8 nitrogen and oxygen atoms in total. The Labute approximate surface area is 164 Å². The van der Waals surface area contributed by atoms with Gasteiger partial charge in [-0.05, 0) is 41.5 Å². The van der Waals surface area contributed by atoms with Crippen LogP contribution in [0.4, 0.5) is 0 Å². The van der Waals surface area contributed by atoms with E-state index < -0.39 is 11.9 Å². The van der Waals surface area contributed by atoms with Crippen molar-refractivity contribution in [3.05, 3.63) is 57.7 Å². The summed E-state index contributed by atoms with van der Waals surface area (Å²) in [7, 11) is 0. The molecule has 0 bridgehead atoms. The quantitative estimate of drug-likeness (QED) is 0.552. The molecule has 0 saturated heterocycles. The molecular formula is C20H24N4O4. The molecule has 0 saturated carbocycles. The summed E-state index contributed by atoms with van der Waals surface area (Å²) in [6, 6.07) is 0. The maximum atomic E-state index is 11.8. The van der Waals surface area contributed by atoms with Crippen LogP contribution < -0.4 is 0 Å². The smallest absolute Gasteiger partial charge is 0.331 e. The Morgan fingerprint density at radius 1 is 0.607 bits per heavy atom. The van der Waals surface area contributed by atoms with Crippen LogP contribution in [0.2, 0.25) is 0 Å². The van der Waals surface area contributed by atoms with E-state index in [9.17, 15) is 9.59 Å². The van der Waals surface area contributed by atoms with Crippen LogP contribution in [-0.4, -0.2) is 31.9 Å². The molecule has 0 aromatic carbocycles. The van der Waals surface area contributed by atoms with Crippen molar-refractivity contribution in [3.8, 4) is 0 Å². The predicted octanol–water partition coefficient (Wildman–Crippen LogP) is 2.46. The van der Waals surface area contributed by atoms with Gasteiger partial charge in [-0.25, -0.2) is 9.59 Å². The number of hydrogen-bond donors (Lipinski definition) is 0. The van der Waals surface area contributed by atoms with E-state index in [4.69, 9.17) is 9.47 Å². The normalized spacial score (nSPS) is 10.9. The molecule has 0 unspecified atom stereocenters. The van der Waals surface area contributed by atoms with Crippen molar-refractivity contribution >= 4 is 11.9 Å². The van der Waals surface area contributed by atoms with E-state index >= 15 is 0 Å². The highest BCUT2D eigenvalue weighted by Crippen LogP contribution is 2.09. The molecule has 0 spiro atoms. The largest absolute Gasteiger partial charge is 0.456 e. The Balaban J connectivity index is 1.86. The summed E-state index contributed by atoms with van der Waals surface area (Å²) >= 11 is 0. The Kier molecular flexibility index (Phi) is 6.92. The Morgan fingerprint density at radius 2 is 0.929 bits per heavy atom. The van der Waals surface area contributed by atoms with Gasteiger partial charge in [0.25, 0.3) is 0 Å². The summed E-state index contributed by atoms with van der Waals surface area (Å²) in [5.41, 5.74) is 5.78. The summed E-state index contributed by atoms with van der Waals surface area (Å²) in [4.78, 5) is 41.0. The van der Waals surface area contributed by atoms with Gasteiger partial charge in [0.1, 0.15) is 13.2 Å². The first-order chi connectivity index (χ1) is 13.2. The van der Waals surface area contributed by atoms with Gasteiger partial charge >= 0.3 is 11.9 Å². The van der Waals surface area contributed by atoms with Gasteiger partial charge in [-0.2, -0.15) is 0 Å². The van der Waals surface area contributed by atoms with Crippen LogP contribution in [0.1, 0.15) is 45.6 Å². The molecule has 8 heteroatoms. The van der Waals surface area contributed by atoms with E-state index in [1.165, 1.54) is 0 Å². The number of aromatic nitrogens is 4. The average Bonchev–Trinajstić information content (AvgIpc) is 2.63. The molecule has 148 valence electrons. The van der Waals surface area contributed by atoms with E-state index in [2.05, 4.69) is 19.9 Å². The Morgan fingerprint density at radius 3 is 1.29 bits per heavy atom. The number of carbonyl (C=O) groups excluding carboxylic acids is 2. The van der Waals surface area contributed by atoms with Gasteiger partial charge in [-0.15, -0.1) is 0 Å². The van der Waals surface area contributed by atoms with Crippen molar-refractivity contribution in [2.24, 2.45) is 0 Å². The average molecular weight is 384 g/mol. The molecule has 2 aromatic rings. The van der Waals surface area contributed by atoms with E-state index in [1.807, 2.05) is 27.7 Å². The van der Waals surface area contributed by atoms with Gasteiger partial charge in [-0.3, -0.25) is 19.9 Å². The van der Waals surface area contributed by atoms with Crippen LogP contribution in [0, 0.1) is 41.5 Å². The first-order valence-electron chi connectivity index (χ1n) is 8.80. The topological polar surface area (TPSA) is 104 Å². The SMILES string of the molecule is Cc1nc(C)c(COC(=O)/C=C\C(=O)OCc2nc(C)c(C)nc2C)nc1C. The number of nitrogens with zero attached hydrogens (tertiary/aromatic N) is 4. The third-order valence-corrected chi connectivity index (χ3v) is 4.22. The molecule has 0 N–H and O–H groups in total. The van der Waals surface area contributed by atoms with Crippen LogP contribution in [0.25, 0.3) is 0 Å². The van der Waals surface area contributed by atoms with Crippen molar-refractivity contribution in [1.29, 1.82) is 0 Å². The monoisotopic (exact) mass is 384 g/mol. The number of aryl methyl sites for hydroxylation is 6. The summed E-state index contributed by atoms with van der Waals surface area (Å²) in [5.74, 6) is -1.34. The van der Waals surface area contributed by atoms with Crippen molar-refractivity contribution in [1.82, 2.24) is 19.9 Å². The second kappa shape index (κ2) is 9.16. The molecule has 0 amide bonds. The van der Waals surface area contributed by atoms with E-state index in [1.54, 1.807) is 13.8 Å². The maximum Gasteiger partial charge on any atom is 0.331 e. The standard InChI is InChI=1S/C20H24N4O4/c1-11-13(3)23-17(15(5)21-11)9-27-19(25)7-8-20(26)28-10-18-16(6)22-12(2)14(4)24-18/h7-8H,9-10H2,1-6H3/b8-7-. The highest BCUT2D eigenvalue weighted by atomic mass is 16.5. The van der Waals surface area contributed by atoms with E-state index in [0.29, 0.717) is 22.8 Å². The van der Waals surface area contributed by atoms with Gasteiger partial charge in [-0.1, -0.05) is 0 Å². The van der Waals surface area contributed by atoms with Gasteiger partial charge in [0.2, 0.25) is 0 Å². The van der Waals surface area contributed by atoms with E-state index in [-0.39, 0.29) is 13.2 Å². The van der Waals surface area contributed by atoms with Gasteiger partial charge in [0.15, 0.2) is 0 Å². The summed E-state index contributed by atoms with van der Waals surface area (Å²) in [6.07, 6.45) is 2.04. The molecule has 0 aliphatic carbocycles. The molecule has 2 rings (SSSR count). The fourth-order valence-corrected chi connectivity index (χ4v) is 2.31. The lowest BCUT2D eigenvalue weighted by atomic mass is 10.3. The van der Waals surface area contributed by atoms with Gasteiger partial charge in [0.05, 0.1) is 45.6 Å². The van der Waals surface area contributed by atoms with Crippen LogP contribution in [0.15, 0.2) is 12.2 Å². The fraction of sp³-hybridized carbons (Fsp3) is 0.400. The lowest BCUT2D eigenvalue weighted by Crippen LogP contribution is -2.09. The second-order valence-corrected chi connectivity index (χ2v) is 6.40. The zero-order chi connectivity index (χ0) is 20.8. The van der Waals surface area contributed by atoms with Crippen LogP contribution in [-0.2, 0) is 32.3 Å². The minimum Gasteiger partial charge on any atom is -0.456 e. The van der Waals surface area contributed by atoms with E-state index in [0.717, 1.165) is 34.9 Å².